The fraction of sp³-hybridized carbons (Fsp3) is 0.320. The van der Waals surface area contributed by atoms with Crippen LogP contribution >= 0.6 is 0 Å². The highest BCUT2D eigenvalue weighted by molar-refractivity contribution is 5.94. The van der Waals surface area contributed by atoms with Crippen molar-refractivity contribution < 1.29 is 9.18 Å². The third kappa shape index (κ3) is 4.72. The molecule has 0 aliphatic rings. The van der Waals surface area contributed by atoms with E-state index in [1.54, 1.807) is 12.1 Å². The Labute approximate surface area is 186 Å². The lowest BCUT2D eigenvalue weighted by Crippen LogP contribution is -2.15. The first-order valence-corrected chi connectivity index (χ1v) is 10.8. The Morgan fingerprint density at radius 2 is 1.97 bits per heavy atom. The molecule has 1 amide bonds. The number of nitrogens with zero attached hydrogens (tertiary/aromatic N) is 3. The molecule has 0 aliphatic heterocycles. The molecule has 0 bridgehead atoms. The van der Waals surface area contributed by atoms with Gasteiger partial charge in [-0.25, -0.2) is 9.37 Å². The summed E-state index contributed by atoms with van der Waals surface area (Å²) in [5, 5.41) is 7.56. The first-order valence-electron chi connectivity index (χ1n) is 10.8. The number of fused-ring (bicyclic) bond motifs is 1. The second-order valence-corrected chi connectivity index (χ2v) is 8.63. The number of benzene rings is 2. The lowest BCUT2D eigenvalue weighted by molar-refractivity contribution is -0.115. The number of amides is 1. The lowest BCUT2D eigenvalue weighted by atomic mass is 10.1. The van der Waals surface area contributed by atoms with Gasteiger partial charge >= 0.3 is 0 Å². The predicted molar refractivity (Wildman–Crippen MR) is 124 cm³/mol. The first kappa shape index (κ1) is 21.7. The van der Waals surface area contributed by atoms with Crippen molar-refractivity contribution >= 4 is 22.6 Å². The molecule has 6 nitrogen and oxygen atoms in total. The molecule has 32 heavy (non-hydrogen) atoms. The molecule has 166 valence electrons. The van der Waals surface area contributed by atoms with Crippen molar-refractivity contribution in [2.24, 2.45) is 5.92 Å². The van der Waals surface area contributed by atoms with E-state index in [1.807, 2.05) is 42.8 Å². The second-order valence-electron chi connectivity index (χ2n) is 8.63. The number of carbonyl (C=O) groups is 1. The molecular formula is C25H28FN5O. The number of carbonyl (C=O) groups excluding carboxylic acids is 1. The zero-order chi connectivity index (χ0) is 22.8. The molecule has 0 fully saturated rings. The predicted octanol–water partition coefficient (Wildman–Crippen LogP) is 4.94. The van der Waals surface area contributed by atoms with Crippen molar-refractivity contribution in [3.63, 3.8) is 0 Å². The third-order valence-electron chi connectivity index (χ3n) is 5.54. The largest absolute Gasteiger partial charge is 0.342 e. The van der Waals surface area contributed by atoms with Crippen molar-refractivity contribution in [2.45, 2.75) is 47.1 Å². The molecule has 7 heteroatoms. The quantitative estimate of drug-likeness (QED) is 0.433. The van der Waals surface area contributed by atoms with Crippen LogP contribution in [0.2, 0.25) is 0 Å². The summed E-state index contributed by atoms with van der Waals surface area (Å²) in [4.78, 5) is 20.5. The summed E-state index contributed by atoms with van der Waals surface area (Å²) in [6, 6.07) is 12.2. The van der Waals surface area contributed by atoms with Crippen LogP contribution in [0, 0.1) is 25.6 Å². The van der Waals surface area contributed by atoms with Gasteiger partial charge in [-0.15, -0.1) is 0 Å². The van der Waals surface area contributed by atoms with E-state index in [2.05, 4.69) is 34.2 Å². The normalized spacial score (nSPS) is 11.4. The van der Waals surface area contributed by atoms with Crippen LogP contribution in [-0.4, -0.2) is 25.7 Å². The lowest BCUT2D eigenvalue weighted by Gasteiger charge is -2.08. The van der Waals surface area contributed by atoms with Crippen LogP contribution < -0.4 is 5.32 Å². The summed E-state index contributed by atoms with van der Waals surface area (Å²) in [7, 11) is 0. The minimum absolute atomic E-state index is 0.0919. The molecule has 2 aromatic heterocycles. The number of imidazole rings is 1. The van der Waals surface area contributed by atoms with Gasteiger partial charge in [-0.3, -0.25) is 9.48 Å². The van der Waals surface area contributed by atoms with E-state index >= 15 is 0 Å². The maximum absolute atomic E-state index is 13.9. The monoisotopic (exact) mass is 433 g/mol. The van der Waals surface area contributed by atoms with Gasteiger partial charge in [0.15, 0.2) is 0 Å². The molecular weight excluding hydrogens is 405 g/mol. The standard InChI is InChI=1S/C25H28FN5O/c1-15(2)14-31-17(4)20(16(3)30-31)13-25(32)27-19-9-10-22-23(12-19)29-24(28-22)11-18-7-5-6-8-21(18)26/h5-10,12,15H,11,13-14H2,1-4H3,(H,27,32)(H,28,29). The van der Waals surface area contributed by atoms with Crippen molar-refractivity contribution in [1.82, 2.24) is 19.7 Å². The van der Waals surface area contributed by atoms with Crippen molar-refractivity contribution in [3.8, 4) is 0 Å². The van der Waals surface area contributed by atoms with Crippen molar-refractivity contribution in [3.05, 3.63) is 76.6 Å². The average molecular weight is 434 g/mol. The first-order chi connectivity index (χ1) is 15.3. The van der Waals surface area contributed by atoms with Gasteiger partial charge in [0.1, 0.15) is 11.6 Å². The van der Waals surface area contributed by atoms with Crippen LogP contribution in [0.25, 0.3) is 11.0 Å². The maximum atomic E-state index is 13.9. The van der Waals surface area contributed by atoms with E-state index in [4.69, 9.17) is 0 Å². The van der Waals surface area contributed by atoms with Crippen molar-refractivity contribution in [1.29, 1.82) is 0 Å². The van der Waals surface area contributed by atoms with E-state index in [0.29, 0.717) is 29.4 Å². The third-order valence-corrected chi connectivity index (χ3v) is 5.54. The molecule has 0 spiro atoms. The molecule has 4 rings (SSSR count). The van der Waals surface area contributed by atoms with Gasteiger partial charge in [0, 0.05) is 29.9 Å². The van der Waals surface area contributed by atoms with Crippen LogP contribution in [0.4, 0.5) is 10.1 Å². The molecule has 0 saturated carbocycles. The van der Waals surface area contributed by atoms with E-state index in [9.17, 15) is 9.18 Å². The van der Waals surface area contributed by atoms with Gasteiger partial charge in [-0.1, -0.05) is 32.0 Å². The number of aromatic amines is 1. The van der Waals surface area contributed by atoms with E-state index in [0.717, 1.165) is 34.5 Å². The van der Waals surface area contributed by atoms with Gasteiger partial charge in [0.25, 0.3) is 0 Å². The Morgan fingerprint density at radius 1 is 1.19 bits per heavy atom. The number of hydrogen-bond acceptors (Lipinski definition) is 3. The van der Waals surface area contributed by atoms with E-state index < -0.39 is 0 Å². The number of aromatic nitrogens is 4. The van der Waals surface area contributed by atoms with Crippen LogP contribution in [0.1, 0.15) is 42.2 Å². The Kier molecular flexibility index (Phi) is 6.08. The molecule has 4 aromatic rings. The summed E-state index contributed by atoms with van der Waals surface area (Å²) in [6.07, 6.45) is 0.650. The topological polar surface area (TPSA) is 75.6 Å². The molecule has 2 N–H and O–H groups in total. The highest BCUT2D eigenvalue weighted by atomic mass is 19.1. The number of hydrogen-bond donors (Lipinski definition) is 2. The molecule has 2 aromatic carbocycles. The van der Waals surface area contributed by atoms with E-state index in [1.165, 1.54) is 6.07 Å². The zero-order valence-corrected chi connectivity index (χ0v) is 18.9. The minimum Gasteiger partial charge on any atom is -0.342 e. The minimum atomic E-state index is -0.247. The van der Waals surface area contributed by atoms with Crippen molar-refractivity contribution in [2.75, 3.05) is 5.32 Å². The fourth-order valence-electron chi connectivity index (χ4n) is 3.93. The molecule has 0 saturated heterocycles. The van der Waals surface area contributed by atoms with Crippen LogP contribution in [0.3, 0.4) is 0 Å². The summed E-state index contributed by atoms with van der Waals surface area (Å²) < 4.78 is 15.9. The van der Waals surface area contributed by atoms with Gasteiger partial charge < -0.3 is 10.3 Å². The molecule has 0 unspecified atom stereocenters. The Bertz CT molecular complexity index is 1270. The number of rotatable bonds is 7. The van der Waals surface area contributed by atoms with Crippen LogP contribution in [0.5, 0.6) is 0 Å². The van der Waals surface area contributed by atoms with Crippen LogP contribution in [-0.2, 0) is 24.2 Å². The molecule has 0 atom stereocenters. The van der Waals surface area contributed by atoms with Gasteiger partial charge in [0.05, 0.1) is 23.1 Å². The fourth-order valence-corrected chi connectivity index (χ4v) is 3.93. The number of nitrogens with one attached hydrogen (secondary N) is 2. The Balaban J connectivity index is 1.47. The average Bonchev–Trinajstić information content (AvgIpc) is 3.24. The number of anilines is 1. The molecule has 2 heterocycles. The SMILES string of the molecule is Cc1nn(CC(C)C)c(C)c1CC(=O)Nc1ccc2nc(Cc3ccccc3F)[nH]c2c1. The number of aryl methyl sites for hydroxylation is 1. The second kappa shape index (κ2) is 8.94. The van der Waals surface area contributed by atoms with Crippen LogP contribution in [0.15, 0.2) is 42.5 Å². The van der Waals surface area contributed by atoms with Gasteiger partial charge in [0.2, 0.25) is 5.91 Å². The number of halogens is 1. The Morgan fingerprint density at radius 3 is 2.72 bits per heavy atom. The molecule has 0 radical (unpaired) electrons. The summed E-state index contributed by atoms with van der Waals surface area (Å²) in [6.45, 7) is 9.09. The summed E-state index contributed by atoms with van der Waals surface area (Å²) >= 11 is 0. The maximum Gasteiger partial charge on any atom is 0.228 e. The molecule has 0 aliphatic carbocycles. The Hall–Kier alpha value is -3.48. The highest BCUT2D eigenvalue weighted by Crippen LogP contribution is 2.21. The van der Waals surface area contributed by atoms with E-state index in [-0.39, 0.29) is 18.1 Å². The number of H-pyrrole nitrogens is 1. The smallest absolute Gasteiger partial charge is 0.228 e. The van der Waals surface area contributed by atoms with Gasteiger partial charge in [-0.2, -0.15) is 5.10 Å². The summed E-state index contributed by atoms with van der Waals surface area (Å²) in [5.41, 5.74) is 5.74. The highest BCUT2D eigenvalue weighted by Gasteiger charge is 2.16. The summed E-state index contributed by atoms with van der Waals surface area (Å²) in [5.74, 6) is 0.824. The zero-order valence-electron chi connectivity index (χ0n) is 18.9. The van der Waals surface area contributed by atoms with Gasteiger partial charge in [-0.05, 0) is 49.6 Å².